The molecule has 0 radical (unpaired) electrons. The van der Waals surface area contributed by atoms with E-state index < -0.39 is 0 Å². The number of benzene rings is 5. The summed E-state index contributed by atoms with van der Waals surface area (Å²) >= 11 is 0. The Morgan fingerprint density at radius 3 is 2.07 bits per heavy atom. The topological polar surface area (TPSA) is 20.2 Å². The fraction of sp³-hybridized carbons (Fsp3) is 0.0370. The average molecular weight is 358 g/mol. The summed E-state index contributed by atoms with van der Waals surface area (Å²) in [6, 6.07) is 34.0. The van der Waals surface area contributed by atoms with E-state index in [-0.39, 0.29) is 5.92 Å². The second-order valence-electron chi connectivity index (χ2n) is 7.53. The van der Waals surface area contributed by atoms with Crippen molar-refractivity contribution in [1.29, 1.82) is 0 Å². The minimum absolute atomic E-state index is 0.0391. The monoisotopic (exact) mass is 358 g/mol. The lowest BCUT2D eigenvalue weighted by atomic mass is 9.85. The minimum Gasteiger partial charge on any atom is -0.508 e. The van der Waals surface area contributed by atoms with E-state index in [1.165, 1.54) is 38.2 Å². The van der Waals surface area contributed by atoms with Crippen molar-refractivity contribution in [2.45, 2.75) is 5.92 Å². The highest BCUT2D eigenvalue weighted by molar-refractivity contribution is 6.01. The van der Waals surface area contributed by atoms with Gasteiger partial charge in [0.05, 0.1) is 0 Å². The van der Waals surface area contributed by atoms with Gasteiger partial charge >= 0.3 is 0 Å². The summed E-state index contributed by atoms with van der Waals surface area (Å²) in [5.74, 6) is 0.411. The van der Waals surface area contributed by atoms with Gasteiger partial charge in [0.2, 0.25) is 0 Å². The third kappa shape index (κ3) is 2.07. The molecule has 1 nitrogen and oxygen atoms in total. The first kappa shape index (κ1) is 15.5. The van der Waals surface area contributed by atoms with Crippen LogP contribution in [0.1, 0.15) is 22.6 Å². The maximum Gasteiger partial charge on any atom is 0.120 e. The van der Waals surface area contributed by atoms with Gasteiger partial charge in [0.1, 0.15) is 5.75 Å². The van der Waals surface area contributed by atoms with Gasteiger partial charge in [-0.2, -0.15) is 0 Å². The smallest absolute Gasteiger partial charge is 0.120 e. The maximum atomic E-state index is 10.8. The van der Waals surface area contributed by atoms with Crippen molar-refractivity contribution in [3.05, 3.63) is 114 Å². The Morgan fingerprint density at radius 1 is 0.536 bits per heavy atom. The zero-order valence-corrected chi connectivity index (χ0v) is 15.3. The van der Waals surface area contributed by atoms with Crippen LogP contribution >= 0.6 is 0 Å². The van der Waals surface area contributed by atoms with Crippen molar-refractivity contribution in [3.8, 4) is 16.9 Å². The van der Waals surface area contributed by atoms with Gasteiger partial charge in [-0.15, -0.1) is 0 Å². The first-order valence-corrected chi connectivity index (χ1v) is 9.64. The molecule has 1 unspecified atom stereocenters. The highest BCUT2D eigenvalue weighted by Gasteiger charge is 2.32. The van der Waals surface area contributed by atoms with E-state index in [1.807, 2.05) is 6.07 Å². The lowest BCUT2D eigenvalue weighted by Gasteiger charge is -2.18. The van der Waals surface area contributed by atoms with Crippen LogP contribution < -0.4 is 0 Å². The van der Waals surface area contributed by atoms with Crippen LogP contribution in [0.5, 0.6) is 5.75 Å². The molecule has 1 atom stereocenters. The molecule has 1 aliphatic carbocycles. The van der Waals surface area contributed by atoms with Gasteiger partial charge in [-0.25, -0.2) is 0 Å². The van der Waals surface area contributed by atoms with E-state index in [0.29, 0.717) is 5.75 Å². The van der Waals surface area contributed by atoms with Crippen LogP contribution in [-0.2, 0) is 0 Å². The molecule has 0 fully saturated rings. The zero-order chi connectivity index (χ0) is 18.7. The molecule has 132 valence electrons. The van der Waals surface area contributed by atoms with Crippen molar-refractivity contribution in [1.82, 2.24) is 0 Å². The highest BCUT2D eigenvalue weighted by Crippen LogP contribution is 2.52. The van der Waals surface area contributed by atoms with E-state index in [0.717, 1.165) is 11.1 Å². The quantitative estimate of drug-likeness (QED) is 0.318. The lowest BCUT2D eigenvalue weighted by Crippen LogP contribution is -2.00. The van der Waals surface area contributed by atoms with E-state index >= 15 is 0 Å². The van der Waals surface area contributed by atoms with E-state index in [9.17, 15) is 5.11 Å². The summed E-state index contributed by atoms with van der Waals surface area (Å²) in [6.07, 6.45) is 0. The Hall–Kier alpha value is -3.58. The van der Waals surface area contributed by atoms with Crippen molar-refractivity contribution < 1.29 is 5.11 Å². The Balaban J connectivity index is 1.71. The number of fused-ring (bicyclic) bond motifs is 5. The van der Waals surface area contributed by atoms with E-state index in [1.54, 1.807) is 6.07 Å². The number of phenols is 1. The molecule has 0 aromatic heterocycles. The second-order valence-corrected chi connectivity index (χ2v) is 7.53. The molecule has 0 spiro atoms. The van der Waals surface area contributed by atoms with Crippen LogP contribution in [0.2, 0.25) is 0 Å². The molecule has 5 aromatic carbocycles. The number of hydrogen-bond donors (Lipinski definition) is 1. The lowest BCUT2D eigenvalue weighted by molar-refractivity contribution is 0.468. The standard InChI is InChI=1S/C27H18O/c28-25-14-6-13-22-20-10-3-4-11-21(20)26(27(22)25)23-12-5-9-19-15-17-7-1-2-8-18(17)16-24(19)23/h1-16,26,28H. The summed E-state index contributed by atoms with van der Waals surface area (Å²) in [6.45, 7) is 0. The molecule has 0 saturated carbocycles. The highest BCUT2D eigenvalue weighted by atomic mass is 16.3. The Labute approximate surface area is 163 Å². The number of rotatable bonds is 1. The van der Waals surface area contributed by atoms with Crippen molar-refractivity contribution in [3.63, 3.8) is 0 Å². The number of aromatic hydroxyl groups is 1. The molecule has 1 heteroatoms. The molecular weight excluding hydrogens is 340 g/mol. The maximum absolute atomic E-state index is 10.8. The molecule has 28 heavy (non-hydrogen) atoms. The van der Waals surface area contributed by atoms with Crippen LogP contribution in [0.3, 0.4) is 0 Å². The van der Waals surface area contributed by atoms with E-state index in [4.69, 9.17) is 0 Å². The molecular formula is C27H18O. The van der Waals surface area contributed by atoms with Crippen molar-refractivity contribution in [2.75, 3.05) is 0 Å². The first-order valence-electron chi connectivity index (χ1n) is 9.64. The minimum atomic E-state index is 0.0391. The molecule has 5 aromatic rings. The first-order chi connectivity index (χ1) is 13.8. The zero-order valence-electron chi connectivity index (χ0n) is 15.3. The molecule has 1 N–H and O–H groups in total. The van der Waals surface area contributed by atoms with Crippen LogP contribution in [0.4, 0.5) is 0 Å². The summed E-state index contributed by atoms with van der Waals surface area (Å²) in [4.78, 5) is 0. The summed E-state index contributed by atoms with van der Waals surface area (Å²) in [5, 5.41) is 15.8. The van der Waals surface area contributed by atoms with Crippen LogP contribution in [0.25, 0.3) is 32.7 Å². The largest absolute Gasteiger partial charge is 0.508 e. The third-order valence-corrected chi connectivity index (χ3v) is 6.03. The SMILES string of the molecule is Oc1cccc2c1C(c1cccc3cc4ccccc4cc13)c1ccccc1-2. The molecule has 0 amide bonds. The van der Waals surface area contributed by atoms with Gasteiger partial charge in [0.15, 0.2) is 0 Å². The fourth-order valence-corrected chi connectivity index (χ4v) is 4.81. The molecule has 0 bridgehead atoms. The van der Waals surface area contributed by atoms with Crippen molar-refractivity contribution in [2.24, 2.45) is 0 Å². The van der Waals surface area contributed by atoms with Gasteiger partial charge < -0.3 is 5.11 Å². The third-order valence-electron chi connectivity index (χ3n) is 6.03. The number of hydrogen-bond acceptors (Lipinski definition) is 1. The predicted molar refractivity (Wildman–Crippen MR) is 116 cm³/mol. The average Bonchev–Trinajstić information content (AvgIpc) is 3.08. The van der Waals surface area contributed by atoms with Crippen molar-refractivity contribution >= 4 is 21.5 Å². The summed E-state index contributed by atoms with van der Waals surface area (Å²) in [7, 11) is 0. The summed E-state index contributed by atoms with van der Waals surface area (Å²) in [5.41, 5.74) is 5.88. The van der Waals surface area contributed by atoms with Crippen LogP contribution in [0, 0.1) is 0 Å². The normalized spacial score (nSPS) is 14.9. The molecule has 0 heterocycles. The Kier molecular flexibility index (Phi) is 3.15. The van der Waals surface area contributed by atoms with Gasteiger partial charge in [0, 0.05) is 11.5 Å². The van der Waals surface area contributed by atoms with Gasteiger partial charge in [-0.1, -0.05) is 78.9 Å². The second kappa shape index (κ2) is 5.71. The number of phenolic OH excluding ortho intramolecular Hbond substituents is 1. The van der Waals surface area contributed by atoms with Crippen LogP contribution in [-0.4, -0.2) is 5.11 Å². The predicted octanol–water partition coefficient (Wildman–Crippen LogP) is 6.86. The molecule has 6 rings (SSSR count). The van der Waals surface area contributed by atoms with Gasteiger partial charge in [0.25, 0.3) is 0 Å². The molecule has 0 aliphatic heterocycles. The fourth-order valence-electron chi connectivity index (χ4n) is 4.81. The Morgan fingerprint density at radius 2 is 1.18 bits per heavy atom. The van der Waals surface area contributed by atoms with Crippen LogP contribution in [0.15, 0.2) is 97.1 Å². The molecule has 1 aliphatic rings. The summed E-state index contributed by atoms with van der Waals surface area (Å²) < 4.78 is 0. The van der Waals surface area contributed by atoms with E-state index in [2.05, 4.69) is 84.9 Å². The van der Waals surface area contributed by atoms with Gasteiger partial charge in [-0.05, 0) is 62.0 Å². The van der Waals surface area contributed by atoms with Gasteiger partial charge in [-0.3, -0.25) is 0 Å². The Bertz CT molecular complexity index is 1380. The molecule has 0 saturated heterocycles.